The van der Waals surface area contributed by atoms with Crippen LogP contribution in [-0.4, -0.2) is 72.0 Å². The monoisotopic (exact) mass is 357 g/mol. The summed E-state index contributed by atoms with van der Waals surface area (Å²) in [6, 6.07) is 4.72. The van der Waals surface area contributed by atoms with Gasteiger partial charge in [-0.1, -0.05) is 6.07 Å². The van der Waals surface area contributed by atoms with Gasteiger partial charge in [0.2, 0.25) is 0 Å². The van der Waals surface area contributed by atoms with Crippen LogP contribution in [0.2, 0.25) is 0 Å². The highest BCUT2D eigenvalue weighted by atomic mass is 16.2. The molecular weight excluding hydrogens is 326 g/mol. The lowest BCUT2D eigenvalue weighted by Crippen LogP contribution is -2.46. The van der Waals surface area contributed by atoms with Crippen molar-refractivity contribution in [1.82, 2.24) is 20.1 Å². The van der Waals surface area contributed by atoms with Gasteiger partial charge in [0.15, 0.2) is 0 Å². The summed E-state index contributed by atoms with van der Waals surface area (Å²) in [5.41, 5.74) is 7.94. The number of aromatic nitrogens is 1. The van der Waals surface area contributed by atoms with Crippen LogP contribution >= 0.6 is 0 Å². The Labute approximate surface area is 156 Å². The number of amides is 1. The van der Waals surface area contributed by atoms with Crippen LogP contribution < -0.4 is 11.1 Å². The number of hydrogen-bond donors (Lipinski definition) is 2. The highest BCUT2D eigenvalue weighted by molar-refractivity contribution is 5.92. The van der Waals surface area contributed by atoms with Crippen LogP contribution in [0.4, 0.5) is 0 Å². The molecule has 6 nitrogen and oxygen atoms in total. The zero-order chi connectivity index (χ0) is 17.9. The summed E-state index contributed by atoms with van der Waals surface area (Å²) >= 11 is 0. The summed E-state index contributed by atoms with van der Waals surface area (Å²) in [4.78, 5) is 21.9. The van der Waals surface area contributed by atoms with E-state index in [1.807, 2.05) is 23.2 Å². The van der Waals surface area contributed by atoms with Crippen LogP contribution in [0.15, 0.2) is 18.3 Å². The van der Waals surface area contributed by atoms with Crippen molar-refractivity contribution >= 4 is 5.91 Å². The van der Waals surface area contributed by atoms with Gasteiger partial charge in [0.1, 0.15) is 5.69 Å². The van der Waals surface area contributed by atoms with E-state index in [-0.39, 0.29) is 11.9 Å². The second kappa shape index (κ2) is 8.03. The highest BCUT2D eigenvalue weighted by Crippen LogP contribution is 2.25. The Hall–Kier alpha value is -1.50. The Kier molecular flexibility index (Phi) is 5.52. The summed E-state index contributed by atoms with van der Waals surface area (Å²) in [6.45, 7) is 6.01. The number of hydrogen-bond acceptors (Lipinski definition) is 5. The fraction of sp³-hybridized carbons (Fsp3) is 0.700. The molecule has 3 N–H and O–H groups in total. The van der Waals surface area contributed by atoms with Crippen LogP contribution in [-0.2, 0) is 0 Å². The molecule has 4 heterocycles. The van der Waals surface area contributed by atoms with Crippen LogP contribution in [0, 0.1) is 0 Å². The number of piperidine rings is 2. The van der Waals surface area contributed by atoms with Gasteiger partial charge in [-0.2, -0.15) is 0 Å². The number of nitrogens with zero attached hydrogens (tertiary/aromatic N) is 3. The van der Waals surface area contributed by atoms with E-state index < -0.39 is 0 Å². The molecular formula is C20H31N5O. The van der Waals surface area contributed by atoms with Crippen molar-refractivity contribution in [3.63, 3.8) is 0 Å². The molecule has 0 aliphatic carbocycles. The topological polar surface area (TPSA) is 74.5 Å². The molecule has 3 saturated heterocycles. The van der Waals surface area contributed by atoms with Crippen LogP contribution in [0.1, 0.15) is 54.1 Å². The molecule has 1 amide bonds. The van der Waals surface area contributed by atoms with E-state index in [0.29, 0.717) is 17.7 Å². The maximum atomic E-state index is 12.8. The molecule has 0 radical (unpaired) electrons. The van der Waals surface area contributed by atoms with Gasteiger partial charge >= 0.3 is 0 Å². The molecule has 2 atom stereocenters. The van der Waals surface area contributed by atoms with Crippen molar-refractivity contribution in [2.75, 3.05) is 39.3 Å². The highest BCUT2D eigenvalue weighted by Gasteiger charge is 2.29. The number of nitrogens with two attached hydrogens (primary N) is 1. The lowest BCUT2D eigenvalue weighted by molar-refractivity contribution is 0.0639. The third-order valence-electron chi connectivity index (χ3n) is 6.37. The number of carbonyl (C=O) groups excluding carboxylic acids is 1. The van der Waals surface area contributed by atoms with Crippen LogP contribution in [0.25, 0.3) is 0 Å². The molecule has 0 spiro atoms. The van der Waals surface area contributed by atoms with E-state index in [9.17, 15) is 4.79 Å². The second-order valence-corrected chi connectivity index (χ2v) is 8.01. The summed E-state index contributed by atoms with van der Waals surface area (Å²) in [7, 11) is 0. The van der Waals surface area contributed by atoms with E-state index in [1.54, 1.807) is 0 Å². The van der Waals surface area contributed by atoms with Gasteiger partial charge in [-0.15, -0.1) is 0 Å². The molecule has 142 valence electrons. The average molecular weight is 358 g/mol. The fourth-order valence-electron chi connectivity index (χ4n) is 4.75. The Bertz CT molecular complexity index is 605. The smallest absolute Gasteiger partial charge is 0.272 e. The Morgan fingerprint density at radius 1 is 1.12 bits per heavy atom. The third-order valence-corrected chi connectivity index (χ3v) is 6.37. The van der Waals surface area contributed by atoms with Crippen molar-refractivity contribution in [3.8, 4) is 0 Å². The predicted octanol–water partition coefficient (Wildman–Crippen LogP) is 1.19. The first-order valence-corrected chi connectivity index (χ1v) is 10.2. The van der Waals surface area contributed by atoms with Crippen molar-refractivity contribution in [2.24, 2.45) is 5.73 Å². The summed E-state index contributed by atoms with van der Waals surface area (Å²) in [5, 5.41) is 3.32. The molecule has 2 unspecified atom stereocenters. The van der Waals surface area contributed by atoms with Crippen LogP contribution in [0.5, 0.6) is 0 Å². The first-order chi connectivity index (χ1) is 12.7. The largest absolute Gasteiger partial charge is 0.337 e. The van der Waals surface area contributed by atoms with Crippen molar-refractivity contribution in [3.05, 3.63) is 29.6 Å². The lowest BCUT2D eigenvalue weighted by Gasteiger charge is -2.36. The summed E-state index contributed by atoms with van der Waals surface area (Å²) in [6.07, 6.45) is 7.73. The first kappa shape index (κ1) is 17.9. The minimum absolute atomic E-state index is 0.0750. The summed E-state index contributed by atoms with van der Waals surface area (Å²) in [5.74, 6) is 0.412. The van der Waals surface area contributed by atoms with Gasteiger partial charge in [0.25, 0.3) is 5.91 Å². The van der Waals surface area contributed by atoms with E-state index in [2.05, 4.69) is 15.2 Å². The number of pyridine rings is 1. The molecule has 1 aromatic rings. The van der Waals surface area contributed by atoms with Crippen molar-refractivity contribution in [2.45, 2.75) is 50.1 Å². The van der Waals surface area contributed by atoms with Crippen molar-refractivity contribution in [1.29, 1.82) is 0 Å². The first-order valence-electron chi connectivity index (χ1n) is 10.2. The zero-order valence-corrected chi connectivity index (χ0v) is 15.6. The molecule has 0 saturated carbocycles. The van der Waals surface area contributed by atoms with Crippen molar-refractivity contribution < 1.29 is 4.79 Å². The summed E-state index contributed by atoms with van der Waals surface area (Å²) < 4.78 is 0. The molecule has 3 aliphatic rings. The van der Waals surface area contributed by atoms with Gasteiger partial charge in [-0.3, -0.25) is 9.78 Å². The molecule has 6 heteroatoms. The van der Waals surface area contributed by atoms with E-state index in [4.69, 9.17) is 5.73 Å². The maximum absolute atomic E-state index is 12.8. The van der Waals surface area contributed by atoms with E-state index in [0.717, 1.165) is 51.0 Å². The lowest BCUT2D eigenvalue weighted by atomic mass is 9.87. The molecule has 3 fully saturated rings. The molecule has 0 aromatic carbocycles. The minimum Gasteiger partial charge on any atom is -0.337 e. The number of nitrogens with one attached hydrogen (secondary N) is 1. The van der Waals surface area contributed by atoms with Crippen LogP contribution in [0.3, 0.4) is 0 Å². The molecule has 3 aliphatic heterocycles. The normalized spacial score (nSPS) is 28.4. The van der Waals surface area contributed by atoms with Gasteiger partial charge < -0.3 is 20.9 Å². The van der Waals surface area contributed by atoms with Gasteiger partial charge in [-0.25, -0.2) is 0 Å². The average Bonchev–Trinajstić information content (AvgIpc) is 3.23. The number of rotatable bonds is 3. The SMILES string of the molecule is NC1CNCCC1c1ccc(C(=O)N2CCC(N3CCCC3)CC2)nc1. The standard InChI is InChI=1S/C20H31N5O/c21-18-14-22-8-5-17(18)15-3-4-19(23-13-15)20(26)25-11-6-16(7-12-25)24-9-1-2-10-24/h3-4,13,16-18,22H,1-2,5-12,14,21H2. The molecule has 26 heavy (non-hydrogen) atoms. The Balaban J connectivity index is 1.34. The van der Waals surface area contributed by atoms with E-state index >= 15 is 0 Å². The third kappa shape index (κ3) is 3.77. The molecule has 4 rings (SSSR count). The van der Waals surface area contributed by atoms with Gasteiger partial charge in [0, 0.05) is 43.8 Å². The Morgan fingerprint density at radius 2 is 1.88 bits per heavy atom. The molecule has 0 bridgehead atoms. The van der Waals surface area contributed by atoms with E-state index in [1.165, 1.54) is 25.9 Å². The Morgan fingerprint density at radius 3 is 2.54 bits per heavy atom. The zero-order valence-electron chi connectivity index (χ0n) is 15.6. The minimum atomic E-state index is 0.0750. The molecule has 1 aromatic heterocycles. The van der Waals surface area contributed by atoms with Gasteiger partial charge in [-0.05, 0) is 63.4 Å². The van der Waals surface area contributed by atoms with Gasteiger partial charge in [0.05, 0.1) is 0 Å². The fourth-order valence-corrected chi connectivity index (χ4v) is 4.75. The quantitative estimate of drug-likeness (QED) is 0.850. The predicted molar refractivity (Wildman–Crippen MR) is 102 cm³/mol. The maximum Gasteiger partial charge on any atom is 0.272 e. The number of carbonyl (C=O) groups is 1. The second-order valence-electron chi connectivity index (χ2n) is 8.01. The number of likely N-dealkylation sites (tertiary alicyclic amines) is 2.